The van der Waals surface area contributed by atoms with E-state index < -0.39 is 17.8 Å². The van der Waals surface area contributed by atoms with Crippen LogP contribution in [0.3, 0.4) is 0 Å². The molecule has 31 heavy (non-hydrogen) atoms. The van der Waals surface area contributed by atoms with E-state index in [9.17, 15) is 18.8 Å². The average Bonchev–Trinajstić information content (AvgIpc) is 2.77. The van der Waals surface area contributed by atoms with Gasteiger partial charge in [-0.05, 0) is 42.7 Å². The number of amides is 4. The Hall–Kier alpha value is -3.48. The quantitative estimate of drug-likeness (QED) is 0.579. The molecule has 0 unspecified atom stereocenters. The van der Waals surface area contributed by atoms with Crippen molar-refractivity contribution in [1.82, 2.24) is 10.2 Å². The van der Waals surface area contributed by atoms with Crippen molar-refractivity contribution in [2.45, 2.75) is 44.8 Å². The van der Waals surface area contributed by atoms with E-state index in [-0.39, 0.29) is 24.0 Å². The third-order valence-electron chi connectivity index (χ3n) is 5.59. The van der Waals surface area contributed by atoms with Gasteiger partial charge in [0.2, 0.25) is 0 Å². The molecule has 2 aliphatic rings. The summed E-state index contributed by atoms with van der Waals surface area (Å²) in [7, 11) is 0. The summed E-state index contributed by atoms with van der Waals surface area (Å²) >= 11 is 0. The first-order valence-corrected chi connectivity index (χ1v) is 10.4. The predicted octanol–water partition coefficient (Wildman–Crippen LogP) is 4.20. The molecule has 2 aromatic carbocycles. The highest BCUT2D eigenvalue weighted by molar-refractivity contribution is 6.31. The highest BCUT2D eigenvalue weighted by atomic mass is 19.1. The van der Waals surface area contributed by atoms with Crippen molar-refractivity contribution in [2.75, 3.05) is 0 Å². The molecule has 1 aliphatic heterocycles. The molecule has 4 amide bonds. The van der Waals surface area contributed by atoms with Crippen LogP contribution >= 0.6 is 0 Å². The van der Waals surface area contributed by atoms with Crippen LogP contribution in [0.15, 0.2) is 54.1 Å². The van der Waals surface area contributed by atoms with E-state index in [1.54, 1.807) is 42.5 Å². The van der Waals surface area contributed by atoms with Gasteiger partial charge in [0.15, 0.2) is 0 Å². The Balaban J connectivity index is 1.53. The second kappa shape index (κ2) is 9.12. The van der Waals surface area contributed by atoms with Gasteiger partial charge in [0.05, 0.1) is 0 Å². The summed E-state index contributed by atoms with van der Waals surface area (Å²) < 4.78 is 19.5. The number of benzene rings is 2. The molecule has 0 spiro atoms. The summed E-state index contributed by atoms with van der Waals surface area (Å²) in [5.41, 5.74) is 0.911. The number of nitrogens with zero attached hydrogens (tertiary/aromatic N) is 1. The third-order valence-corrected chi connectivity index (χ3v) is 5.59. The molecule has 160 valence electrons. The number of carbonyl (C=O) groups is 3. The van der Waals surface area contributed by atoms with Crippen molar-refractivity contribution < 1.29 is 23.5 Å². The molecule has 2 aromatic rings. The maximum Gasteiger partial charge on any atom is 0.331 e. The summed E-state index contributed by atoms with van der Waals surface area (Å²) in [5, 5.41) is 2.28. The first-order chi connectivity index (χ1) is 15.0. The lowest BCUT2D eigenvalue weighted by Crippen LogP contribution is -2.58. The number of hydrogen-bond donors (Lipinski definition) is 1. The second-order valence-corrected chi connectivity index (χ2v) is 7.74. The third kappa shape index (κ3) is 4.66. The number of ether oxygens (including phenoxy) is 1. The summed E-state index contributed by atoms with van der Waals surface area (Å²) in [4.78, 5) is 38.8. The Bertz CT molecular complexity index is 1040. The summed E-state index contributed by atoms with van der Waals surface area (Å²) in [6.45, 7) is 0.0517. The maximum absolute atomic E-state index is 13.8. The van der Waals surface area contributed by atoms with E-state index in [2.05, 4.69) is 5.32 Å². The summed E-state index contributed by atoms with van der Waals surface area (Å²) in [6.07, 6.45) is 5.95. The molecule has 0 bridgehead atoms. The largest absolute Gasteiger partial charge is 0.489 e. The molecule has 0 aromatic heterocycles. The van der Waals surface area contributed by atoms with E-state index >= 15 is 0 Å². The van der Waals surface area contributed by atoms with Crippen LogP contribution < -0.4 is 10.1 Å². The Labute approximate surface area is 179 Å². The van der Waals surface area contributed by atoms with Gasteiger partial charge >= 0.3 is 6.03 Å². The number of urea groups is 1. The zero-order chi connectivity index (χ0) is 21.8. The fourth-order valence-electron chi connectivity index (χ4n) is 3.98. The standard InChI is InChI=1S/C24H23FN2O4/c25-21-12-5-4-8-17(21)15-31-19-11-6-7-16(13-19)14-20-22(28)26-24(30)27(23(20)29)18-9-2-1-3-10-18/h4-8,11-14,18H,1-3,9-10,15H2,(H,26,28,30). The van der Waals surface area contributed by atoms with E-state index in [0.717, 1.165) is 32.1 Å². The smallest absolute Gasteiger partial charge is 0.331 e. The number of imide groups is 2. The number of nitrogens with one attached hydrogen (secondary N) is 1. The van der Waals surface area contributed by atoms with Crippen molar-refractivity contribution in [1.29, 1.82) is 0 Å². The number of barbiturate groups is 1. The van der Waals surface area contributed by atoms with Gasteiger partial charge < -0.3 is 4.74 Å². The molecule has 1 N–H and O–H groups in total. The Kier molecular flexibility index (Phi) is 6.11. The fourth-order valence-corrected chi connectivity index (χ4v) is 3.98. The first kappa shape index (κ1) is 20.8. The Morgan fingerprint density at radius 2 is 1.81 bits per heavy atom. The molecule has 1 saturated carbocycles. The molecular formula is C24H23FN2O4. The van der Waals surface area contributed by atoms with Crippen molar-refractivity contribution in [3.05, 3.63) is 71.0 Å². The van der Waals surface area contributed by atoms with Gasteiger partial charge in [0.1, 0.15) is 23.7 Å². The Morgan fingerprint density at radius 3 is 2.58 bits per heavy atom. The molecule has 2 fully saturated rings. The van der Waals surface area contributed by atoms with Gasteiger partial charge in [0, 0.05) is 11.6 Å². The SMILES string of the molecule is O=C1NC(=O)N(C2CCCCC2)C(=O)C1=Cc1cccc(OCc2ccccc2F)c1. The highest BCUT2D eigenvalue weighted by Gasteiger charge is 2.40. The zero-order valence-corrected chi connectivity index (χ0v) is 17.0. The molecule has 7 heteroatoms. The minimum Gasteiger partial charge on any atom is -0.489 e. The fraction of sp³-hybridized carbons (Fsp3) is 0.292. The Morgan fingerprint density at radius 1 is 1.03 bits per heavy atom. The van der Waals surface area contributed by atoms with Gasteiger partial charge in [-0.15, -0.1) is 0 Å². The van der Waals surface area contributed by atoms with E-state index in [4.69, 9.17) is 4.74 Å². The van der Waals surface area contributed by atoms with Crippen LogP contribution in [0.2, 0.25) is 0 Å². The van der Waals surface area contributed by atoms with Crippen LogP contribution in [-0.2, 0) is 16.2 Å². The topological polar surface area (TPSA) is 75.7 Å². The molecule has 0 radical (unpaired) electrons. The highest BCUT2D eigenvalue weighted by Crippen LogP contribution is 2.27. The molecule has 1 aliphatic carbocycles. The van der Waals surface area contributed by atoms with E-state index in [0.29, 0.717) is 16.9 Å². The van der Waals surface area contributed by atoms with Crippen molar-refractivity contribution in [3.8, 4) is 5.75 Å². The molecule has 6 nitrogen and oxygen atoms in total. The molecule has 0 atom stereocenters. The van der Waals surface area contributed by atoms with Gasteiger partial charge in [-0.25, -0.2) is 9.18 Å². The van der Waals surface area contributed by atoms with Gasteiger partial charge in [-0.2, -0.15) is 0 Å². The van der Waals surface area contributed by atoms with Gasteiger partial charge in [-0.1, -0.05) is 49.6 Å². The maximum atomic E-state index is 13.8. The lowest BCUT2D eigenvalue weighted by Gasteiger charge is -2.35. The van der Waals surface area contributed by atoms with Crippen molar-refractivity contribution >= 4 is 23.9 Å². The van der Waals surface area contributed by atoms with Crippen molar-refractivity contribution in [2.24, 2.45) is 0 Å². The predicted molar refractivity (Wildman–Crippen MR) is 112 cm³/mol. The number of halogens is 1. The number of carbonyl (C=O) groups excluding carboxylic acids is 3. The molecule has 1 heterocycles. The van der Waals surface area contributed by atoms with E-state index in [1.807, 2.05) is 0 Å². The summed E-state index contributed by atoms with van der Waals surface area (Å²) in [5.74, 6) is -1.16. The summed E-state index contributed by atoms with van der Waals surface area (Å²) in [6, 6.07) is 12.3. The van der Waals surface area contributed by atoms with Crippen LogP contribution in [0.4, 0.5) is 9.18 Å². The van der Waals surface area contributed by atoms with Crippen molar-refractivity contribution in [3.63, 3.8) is 0 Å². The zero-order valence-electron chi connectivity index (χ0n) is 17.0. The molecule has 1 saturated heterocycles. The number of rotatable bonds is 5. The van der Waals surface area contributed by atoms with Gasteiger partial charge in [-0.3, -0.25) is 19.8 Å². The number of hydrogen-bond acceptors (Lipinski definition) is 4. The van der Waals surface area contributed by atoms with Crippen LogP contribution in [0, 0.1) is 5.82 Å². The molecule has 4 rings (SSSR count). The van der Waals surface area contributed by atoms with Crippen LogP contribution in [0.25, 0.3) is 6.08 Å². The average molecular weight is 422 g/mol. The van der Waals surface area contributed by atoms with E-state index in [1.165, 1.54) is 17.0 Å². The van der Waals surface area contributed by atoms with Crippen LogP contribution in [0.5, 0.6) is 5.75 Å². The van der Waals surface area contributed by atoms with Crippen LogP contribution in [-0.4, -0.2) is 28.8 Å². The minimum absolute atomic E-state index is 0.0517. The molecular weight excluding hydrogens is 399 g/mol. The van der Waals surface area contributed by atoms with Gasteiger partial charge in [0.25, 0.3) is 11.8 Å². The normalized spacial score (nSPS) is 18.9. The first-order valence-electron chi connectivity index (χ1n) is 10.4. The lowest BCUT2D eigenvalue weighted by molar-refractivity contribution is -0.132. The second-order valence-electron chi connectivity index (χ2n) is 7.74. The minimum atomic E-state index is -0.709. The lowest BCUT2D eigenvalue weighted by atomic mass is 9.93. The monoisotopic (exact) mass is 422 g/mol. The van der Waals surface area contributed by atoms with Crippen LogP contribution in [0.1, 0.15) is 43.2 Å².